The van der Waals surface area contributed by atoms with Gasteiger partial charge in [0.1, 0.15) is 0 Å². The van der Waals surface area contributed by atoms with Gasteiger partial charge in [-0.3, -0.25) is 4.90 Å². The second-order valence-electron chi connectivity index (χ2n) is 3.48. The van der Waals surface area contributed by atoms with Gasteiger partial charge >= 0.3 is 0 Å². The number of hydrogen-bond acceptors (Lipinski definition) is 3. The summed E-state index contributed by atoms with van der Waals surface area (Å²) in [4.78, 5) is 2.53. The first-order valence-corrected chi connectivity index (χ1v) is 4.36. The van der Waals surface area contributed by atoms with E-state index >= 15 is 0 Å². The molecule has 0 aromatic heterocycles. The van der Waals surface area contributed by atoms with E-state index in [0.29, 0.717) is 0 Å². The standard InChI is InChI=1S/C8H16N2O/c1-11-3-2-10-6-7-4-8(10)5-9-7/h7-9H,2-6H2,1H3. The van der Waals surface area contributed by atoms with E-state index in [1.165, 1.54) is 19.5 Å². The number of nitrogens with one attached hydrogen (secondary N) is 1. The SMILES string of the molecule is COCCN1CC2CC1CN2. The fraction of sp³-hybridized carbons (Fsp3) is 1.00. The molecule has 0 amide bonds. The minimum atomic E-state index is 0.775. The van der Waals surface area contributed by atoms with Crippen molar-refractivity contribution in [2.45, 2.75) is 18.5 Å². The quantitative estimate of drug-likeness (QED) is 0.606. The van der Waals surface area contributed by atoms with Crippen LogP contribution in [0.3, 0.4) is 0 Å². The highest BCUT2D eigenvalue weighted by atomic mass is 16.5. The Hall–Kier alpha value is -0.120. The monoisotopic (exact) mass is 156 g/mol. The molecular weight excluding hydrogens is 140 g/mol. The number of hydrogen-bond donors (Lipinski definition) is 1. The van der Waals surface area contributed by atoms with Crippen molar-refractivity contribution in [3.05, 3.63) is 0 Å². The van der Waals surface area contributed by atoms with Crippen molar-refractivity contribution >= 4 is 0 Å². The molecule has 2 aliphatic rings. The number of methoxy groups -OCH3 is 1. The lowest BCUT2D eigenvalue weighted by molar-refractivity contribution is 0.133. The molecule has 0 aliphatic carbocycles. The summed E-state index contributed by atoms with van der Waals surface area (Å²) in [6, 6.07) is 1.58. The molecular formula is C8H16N2O. The Bertz CT molecular complexity index is 140. The number of likely N-dealkylation sites (tertiary alicyclic amines) is 1. The molecule has 3 nitrogen and oxygen atoms in total. The van der Waals surface area contributed by atoms with Crippen LogP contribution in [0, 0.1) is 0 Å². The Morgan fingerprint density at radius 2 is 2.55 bits per heavy atom. The molecule has 0 aromatic carbocycles. The maximum atomic E-state index is 5.05. The number of nitrogens with zero attached hydrogens (tertiary/aromatic N) is 1. The average molecular weight is 156 g/mol. The zero-order valence-corrected chi connectivity index (χ0v) is 7.05. The van der Waals surface area contributed by atoms with E-state index in [1.807, 2.05) is 0 Å². The van der Waals surface area contributed by atoms with E-state index in [4.69, 9.17) is 4.74 Å². The zero-order valence-electron chi connectivity index (χ0n) is 7.05. The molecule has 1 N–H and O–H groups in total. The Balaban J connectivity index is 1.78. The minimum Gasteiger partial charge on any atom is -0.383 e. The summed E-state index contributed by atoms with van der Waals surface area (Å²) < 4.78 is 5.05. The van der Waals surface area contributed by atoms with E-state index in [-0.39, 0.29) is 0 Å². The van der Waals surface area contributed by atoms with Crippen molar-refractivity contribution in [3.8, 4) is 0 Å². The predicted molar refractivity (Wildman–Crippen MR) is 43.6 cm³/mol. The Labute approximate surface area is 67.7 Å². The second-order valence-corrected chi connectivity index (χ2v) is 3.48. The largest absolute Gasteiger partial charge is 0.383 e. The molecule has 11 heavy (non-hydrogen) atoms. The summed E-state index contributed by atoms with van der Waals surface area (Å²) in [5, 5.41) is 3.48. The maximum absolute atomic E-state index is 5.05. The van der Waals surface area contributed by atoms with Gasteiger partial charge in [-0.05, 0) is 6.42 Å². The van der Waals surface area contributed by atoms with Gasteiger partial charge in [0.05, 0.1) is 6.61 Å². The first-order valence-electron chi connectivity index (χ1n) is 4.36. The van der Waals surface area contributed by atoms with Crippen LogP contribution >= 0.6 is 0 Å². The second kappa shape index (κ2) is 3.09. The lowest BCUT2D eigenvalue weighted by atomic mass is 10.2. The summed E-state index contributed by atoms with van der Waals surface area (Å²) in [5.41, 5.74) is 0. The fourth-order valence-corrected chi connectivity index (χ4v) is 2.13. The van der Waals surface area contributed by atoms with Crippen LogP contribution in [-0.2, 0) is 4.74 Å². The van der Waals surface area contributed by atoms with Gasteiger partial charge in [-0.2, -0.15) is 0 Å². The molecule has 2 atom stereocenters. The molecule has 2 bridgehead atoms. The molecule has 2 unspecified atom stereocenters. The van der Waals surface area contributed by atoms with Gasteiger partial charge in [-0.25, -0.2) is 0 Å². The third-order valence-corrected chi connectivity index (χ3v) is 2.75. The summed E-state index contributed by atoms with van der Waals surface area (Å²) in [6.45, 7) is 4.41. The predicted octanol–water partition coefficient (Wildman–Crippen LogP) is -0.321. The molecule has 0 spiro atoms. The zero-order chi connectivity index (χ0) is 7.68. The lowest BCUT2D eigenvalue weighted by Crippen LogP contribution is -2.44. The van der Waals surface area contributed by atoms with Crippen molar-refractivity contribution in [2.75, 3.05) is 33.4 Å². The molecule has 0 radical (unpaired) electrons. The highest BCUT2D eigenvalue weighted by molar-refractivity contribution is 4.96. The normalized spacial score (nSPS) is 36.8. The molecule has 2 saturated heterocycles. The summed E-state index contributed by atoms with van der Waals surface area (Å²) in [6.07, 6.45) is 1.35. The van der Waals surface area contributed by atoms with E-state index in [1.54, 1.807) is 7.11 Å². The van der Waals surface area contributed by atoms with Gasteiger partial charge in [0.15, 0.2) is 0 Å². The molecule has 2 fully saturated rings. The highest BCUT2D eigenvalue weighted by Gasteiger charge is 2.36. The van der Waals surface area contributed by atoms with Crippen LogP contribution in [0.1, 0.15) is 6.42 Å². The molecule has 3 heteroatoms. The molecule has 0 saturated carbocycles. The third kappa shape index (κ3) is 1.41. The fourth-order valence-electron chi connectivity index (χ4n) is 2.13. The van der Waals surface area contributed by atoms with E-state index in [9.17, 15) is 0 Å². The minimum absolute atomic E-state index is 0.775. The summed E-state index contributed by atoms with van der Waals surface area (Å²) in [5.74, 6) is 0. The Morgan fingerprint density at radius 1 is 1.64 bits per heavy atom. The van der Waals surface area contributed by atoms with Gasteiger partial charge in [0.2, 0.25) is 0 Å². The van der Waals surface area contributed by atoms with Gasteiger partial charge < -0.3 is 10.1 Å². The van der Waals surface area contributed by atoms with Gasteiger partial charge in [0.25, 0.3) is 0 Å². The summed E-state index contributed by atoms with van der Waals surface area (Å²) >= 11 is 0. The van der Waals surface area contributed by atoms with E-state index in [2.05, 4.69) is 10.2 Å². The van der Waals surface area contributed by atoms with Crippen molar-refractivity contribution in [1.29, 1.82) is 0 Å². The van der Waals surface area contributed by atoms with E-state index in [0.717, 1.165) is 25.2 Å². The molecule has 64 valence electrons. The maximum Gasteiger partial charge on any atom is 0.0589 e. The van der Waals surface area contributed by atoms with Crippen LogP contribution in [0.2, 0.25) is 0 Å². The first kappa shape index (κ1) is 7.53. The lowest BCUT2D eigenvalue weighted by Gasteiger charge is -2.26. The van der Waals surface area contributed by atoms with Gasteiger partial charge in [0, 0.05) is 38.8 Å². The van der Waals surface area contributed by atoms with Crippen LogP contribution < -0.4 is 5.32 Å². The number of ether oxygens (including phenoxy) is 1. The average Bonchev–Trinajstić information content (AvgIpc) is 2.60. The van der Waals surface area contributed by atoms with Crippen molar-refractivity contribution in [1.82, 2.24) is 10.2 Å². The molecule has 0 aromatic rings. The molecule has 2 aliphatic heterocycles. The highest BCUT2D eigenvalue weighted by Crippen LogP contribution is 2.22. The van der Waals surface area contributed by atoms with Crippen LogP contribution in [-0.4, -0.2) is 50.3 Å². The topological polar surface area (TPSA) is 24.5 Å². The number of rotatable bonds is 3. The van der Waals surface area contributed by atoms with Crippen LogP contribution in [0.15, 0.2) is 0 Å². The van der Waals surface area contributed by atoms with Crippen molar-refractivity contribution in [3.63, 3.8) is 0 Å². The first-order chi connectivity index (χ1) is 5.40. The number of fused-ring (bicyclic) bond motifs is 2. The summed E-state index contributed by atoms with van der Waals surface area (Å²) in [7, 11) is 1.77. The third-order valence-electron chi connectivity index (χ3n) is 2.75. The van der Waals surface area contributed by atoms with Crippen molar-refractivity contribution < 1.29 is 4.74 Å². The van der Waals surface area contributed by atoms with Gasteiger partial charge in [-0.15, -0.1) is 0 Å². The molecule has 2 rings (SSSR count). The van der Waals surface area contributed by atoms with Crippen molar-refractivity contribution in [2.24, 2.45) is 0 Å². The Morgan fingerprint density at radius 3 is 3.09 bits per heavy atom. The van der Waals surface area contributed by atoms with E-state index < -0.39 is 0 Å². The van der Waals surface area contributed by atoms with Gasteiger partial charge in [-0.1, -0.05) is 0 Å². The molecule has 2 heterocycles. The number of piperazine rings is 1. The Kier molecular flexibility index (Phi) is 2.11. The van der Waals surface area contributed by atoms with Crippen LogP contribution in [0.4, 0.5) is 0 Å². The van der Waals surface area contributed by atoms with Crippen LogP contribution in [0.5, 0.6) is 0 Å². The van der Waals surface area contributed by atoms with Crippen LogP contribution in [0.25, 0.3) is 0 Å². The smallest absolute Gasteiger partial charge is 0.0589 e.